The first-order valence-electron chi connectivity index (χ1n) is 4.37. The lowest BCUT2D eigenvalue weighted by Crippen LogP contribution is -2.27. The summed E-state index contributed by atoms with van der Waals surface area (Å²) in [4.78, 5) is 0. The zero-order valence-corrected chi connectivity index (χ0v) is 10.4. The highest BCUT2D eigenvalue weighted by molar-refractivity contribution is 9.11. The molecule has 3 N–H and O–H groups in total. The fourth-order valence-electron chi connectivity index (χ4n) is 1.19. The van der Waals surface area contributed by atoms with Crippen molar-refractivity contribution in [3.8, 4) is 11.8 Å². The monoisotopic (exact) mass is 272 g/mol. The largest absolute Gasteiger partial charge is 0.271 e. The number of hydrogen-bond donors (Lipinski definition) is 2. The van der Waals surface area contributed by atoms with Crippen molar-refractivity contribution < 1.29 is 0 Å². The number of hydrazine groups is 1. The molecule has 1 aromatic heterocycles. The highest BCUT2D eigenvalue weighted by Crippen LogP contribution is 2.27. The molecule has 14 heavy (non-hydrogen) atoms. The second-order valence-corrected chi connectivity index (χ2v) is 5.16. The predicted octanol–water partition coefficient (Wildman–Crippen LogP) is 2.82. The molecule has 2 nitrogen and oxygen atoms in total. The van der Waals surface area contributed by atoms with Crippen LogP contribution in [0, 0.1) is 11.8 Å². The summed E-state index contributed by atoms with van der Waals surface area (Å²) < 4.78 is 1.13. The first-order valence-corrected chi connectivity index (χ1v) is 6.05. The zero-order chi connectivity index (χ0) is 10.4. The van der Waals surface area contributed by atoms with Crippen LogP contribution in [0.2, 0.25) is 0 Å². The van der Waals surface area contributed by atoms with E-state index in [1.54, 1.807) is 11.3 Å². The Morgan fingerprint density at radius 3 is 3.00 bits per heavy atom. The van der Waals surface area contributed by atoms with Crippen molar-refractivity contribution >= 4 is 27.3 Å². The predicted molar refractivity (Wildman–Crippen MR) is 64.8 cm³/mol. The van der Waals surface area contributed by atoms with Crippen LogP contribution in [0.25, 0.3) is 0 Å². The van der Waals surface area contributed by atoms with Gasteiger partial charge in [-0.05, 0) is 46.3 Å². The van der Waals surface area contributed by atoms with E-state index >= 15 is 0 Å². The van der Waals surface area contributed by atoms with E-state index in [9.17, 15) is 0 Å². The van der Waals surface area contributed by atoms with Gasteiger partial charge < -0.3 is 0 Å². The molecule has 0 spiro atoms. The minimum absolute atomic E-state index is 0.207. The molecule has 1 rings (SSSR count). The van der Waals surface area contributed by atoms with Gasteiger partial charge in [0.05, 0.1) is 3.79 Å². The molecule has 0 aliphatic carbocycles. The van der Waals surface area contributed by atoms with Crippen LogP contribution in [-0.4, -0.2) is 0 Å². The van der Waals surface area contributed by atoms with Gasteiger partial charge in [0.2, 0.25) is 0 Å². The van der Waals surface area contributed by atoms with Crippen LogP contribution in [0.1, 0.15) is 31.4 Å². The van der Waals surface area contributed by atoms with E-state index < -0.39 is 0 Å². The molecule has 1 heterocycles. The molecule has 0 saturated carbocycles. The number of thiophene rings is 1. The lowest BCUT2D eigenvalue weighted by atomic mass is 10.1. The van der Waals surface area contributed by atoms with Gasteiger partial charge >= 0.3 is 0 Å². The lowest BCUT2D eigenvalue weighted by Gasteiger charge is -2.12. The highest BCUT2D eigenvalue weighted by Gasteiger charge is 2.09. The van der Waals surface area contributed by atoms with Crippen molar-refractivity contribution in [1.82, 2.24) is 5.43 Å². The maximum absolute atomic E-state index is 5.49. The second-order valence-electron chi connectivity index (χ2n) is 2.87. The van der Waals surface area contributed by atoms with Gasteiger partial charge in [-0.25, -0.2) is 0 Å². The Balaban J connectivity index is 2.56. The molecule has 0 aromatic carbocycles. The third kappa shape index (κ3) is 3.43. The van der Waals surface area contributed by atoms with Crippen molar-refractivity contribution in [3.05, 3.63) is 20.8 Å². The Kier molecular flexibility index (Phi) is 5.20. The molecule has 0 bridgehead atoms. The van der Waals surface area contributed by atoms with Crippen LogP contribution in [-0.2, 0) is 0 Å². The molecule has 4 heteroatoms. The summed E-state index contributed by atoms with van der Waals surface area (Å²) in [7, 11) is 0. The van der Waals surface area contributed by atoms with Crippen molar-refractivity contribution in [1.29, 1.82) is 0 Å². The van der Waals surface area contributed by atoms with E-state index in [0.29, 0.717) is 0 Å². The summed E-state index contributed by atoms with van der Waals surface area (Å²) in [6.45, 7) is 1.85. The summed E-state index contributed by atoms with van der Waals surface area (Å²) in [5.74, 6) is 11.4. The number of hydrogen-bond acceptors (Lipinski definition) is 3. The number of nitrogens with two attached hydrogens (primary N) is 1. The van der Waals surface area contributed by atoms with Crippen molar-refractivity contribution in [2.45, 2.75) is 25.8 Å². The Morgan fingerprint density at radius 2 is 2.50 bits per heavy atom. The Labute approximate surface area is 97.0 Å². The number of rotatable bonds is 4. The van der Waals surface area contributed by atoms with Gasteiger partial charge in [-0.1, -0.05) is 0 Å². The maximum Gasteiger partial charge on any atom is 0.0701 e. The molecule has 0 radical (unpaired) electrons. The average molecular weight is 273 g/mol. The third-order valence-electron chi connectivity index (χ3n) is 1.93. The maximum atomic E-state index is 5.49. The van der Waals surface area contributed by atoms with E-state index in [4.69, 9.17) is 5.84 Å². The highest BCUT2D eigenvalue weighted by atomic mass is 79.9. The molecular formula is C10H13BrN2S. The molecule has 0 fully saturated rings. The minimum atomic E-state index is 0.207. The topological polar surface area (TPSA) is 38.0 Å². The lowest BCUT2D eigenvalue weighted by molar-refractivity contribution is 0.525. The van der Waals surface area contributed by atoms with E-state index in [1.807, 2.05) is 6.92 Å². The van der Waals surface area contributed by atoms with Gasteiger partial charge in [0, 0.05) is 12.5 Å². The van der Waals surface area contributed by atoms with Crippen LogP contribution >= 0.6 is 27.3 Å². The van der Waals surface area contributed by atoms with Crippen molar-refractivity contribution in [2.24, 2.45) is 5.84 Å². The fourth-order valence-corrected chi connectivity index (χ4v) is 2.42. The van der Waals surface area contributed by atoms with Gasteiger partial charge in [-0.3, -0.25) is 11.3 Å². The van der Waals surface area contributed by atoms with E-state index in [0.717, 1.165) is 16.6 Å². The van der Waals surface area contributed by atoms with Crippen LogP contribution in [0.15, 0.2) is 15.2 Å². The van der Waals surface area contributed by atoms with E-state index in [-0.39, 0.29) is 6.04 Å². The summed E-state index contributed by atoms with van der Waals surface area (Å²) in [5.41, 5.74) is 4.03. The van der Waals surface area contributed by atoms with Gasteiger partial charge in [-0.15, -0.1) is 23.2 Å². The first-order chi connectivity index (χ1) is 6.77. The normalized spacial score (nSPS) is 11.9. The van der Waals surface area contributed by atoms with Gasteiger partial charge in [0.25, 0.3) is 0 Å². The Morgan fingerprint density at radius 1 is 1.71 bits per heavy atom. The number of nitrogens with one attached hydrogen (secondary N) is 1. The first kappa shape index (κ1) is 11.7. The second kappa shape index (κ2) is 6.20. The van der Waals surface area contributed by atoms with Crippen LogP contribution in [0.3, 0.4) is 0 Å². The number of halogens is 1. The quantitative estimate of drug-likeness (QED) is 0.503. The van der Waals surface area contributed by atoms with Gasteiger partial charge in [-0.2, -0.15) is 0 Å². The molecule has 0 saturated heterocycles. The summed E-state index contributed by atoms with van der Waals surface area (Å²) in [6.07, 6.45) is 1.82. The molecule has 1 unspecified atom stereocenters. The summed E-state index contributed by atoms with van der Waals surface area (Å²) >= 11 is 5.11. The average Bonchev–Trinajstić information content (AvgIpc) is 2.60. The van der Waals surface area contributed by atoms with Gasteiger partial charge in [0.15, 0.2) is 0 Å². The van der Waals surface area contributed by atoms with E-state index in [1.165, 1.54) is 5.56 Å². The standard InChI is InChI=1S/C10H13BrN2S/c1-2-3-4-5-9(13-12)8-6-10(11)14-7-8/h6-7,9,13H,4-5,12H2,1H3. The van der Waals surface area contributed by atoms with Crippen molar-refractivity contribution in [3.63, 3.8) is 0 Å². The summed E-state index contributed by atoms with van der Waals surface area (Å²) in [5, 5.41) is 2.11. The minimum Gasteiger partial charge on any atom is -0.271 e. The molecule has 76 valence electrons. The smallest absolute Gasteiger partial charge is 0.0701 e. The van der Waals surface area contributed by atoms with Crippen LogP contribution in [0.4, 0.5) is 0 Å². The third-order valence-corrected chi connectivity index (χ3v) is 3.45. The Bertz CT molecular complexity index is 337. The Hall–Kier alpha value is -0.340. The molecule has 0 aliphatic heterocycles. The zero-order valence-electron chi connectivity index (χ0n) is 8.01. The van der Waals surface area contributed by atoms with E-state index in [2.05, 4.69) is 44.6 Å². The molecular weight excluding hydrogens is 260 g/mol. The fraction of sp³-hybridized carbons (Fsp3) is 0.400. The molecule has 1 atom stereocenters. The molecule has 0 aliphatic rings. The SMILES string of the molecule is CC#CCCC(NN)c1csc(Br)c1. The molecule has 1 aromatic rings. The van der Waals surface area contributed by atoms with Gasteiger partial charge in [0.1, 0.15) is 0 Å². The van der Waals surface area contributed by atoms with Crippen LogP contribution in [0.5, 0.6) is 0 Å². The summed E-state index contributed by atoms with van der Waals surface area (Å²) in [6, 6.07) is 2.30. The van der Waals surface area contributed by atoms with Crippen LogP contribution < -0.4 is 11.3 Å². The van der Waals surface area contributed by atoms with Crippen molar-refractivity contribution in [2.75, 3.05) is 0 Å². The molecule has 0 amide bonds.